The number of phenolic OH excluding ortho intramolecular Hbond substituents is 2. The lowest BCUT2D eigenvalue weighted by molar-refractivity contribution is -0.147. The molecule has 0 heterocycles. The van der Waals surface area contributed by atoms with Crippen LogP contribution in [0.2, 0.25) is 0 Å². The molecule has 0 aliphatic heterocycles. The summed E-state index contributed by atoms with van der Waals surface area (Å²) >= 11 is 0. The first-order valence-electron chi connectivity index (χ1n) is 7.76. The van der Waals surface area contributed by atoms with Crippen molar-refractivity contribution in [3.05, 3.63) is 35.4 Å². The normalized spacial score (nSPS) is 12.9. The largest absolute Gasteiger partial charge is 0.504 e. The van der Waals surface area contributed by atoms with E-state index in [0.29, 0.717) is 0 Å². The summed E-state index contributed by atoms with van der Waals surface area (Å²) in [7, 11) is 2.39. The molecule has 2 unspecified atom stereocenters. The molecule has 0 radical (unpaired) electrons. The second-order valence-corrected chi connectivity index (χ2v) is 5.72. The van der Waals surface area contributed by atoms with E-state index in [-0.39, 0.29) is 33.8 Å². The third kappa shape index (κ3) is 3.77. The molecule has 0 saturated heterocycles. The van der Waals surface area contributed by atoms with Crippen LogP contribution in [-0.2, 0) is 9.59 Å². The molecule has 2 rings (SSSR count). The van der Waals surface area contributed by atoms with Crippen molar-refractivity contribution in [3.63, 3.8) is 0 Å². The molecule has 10 heteroatoms. The number of benzene rings is 2. The summed E-state index contributed by atoms with van der Waals surface area (Å²) in [5.41, 5.74) is -0.686. The topological polar surface area (TPSA) is 174 Å². The third-order valence-electron chi connectivity index (χ3n) is 4.02. The molecule has 0 aromatic heterocycles. The highest BCUT2D eigenvalue weighted by Gasteiger charge is 2.26. The van der Waals surface area contributed by atoms with E-state index in [2.05, 4.69) is 0 Å². The first-order valence-corrected chi connectivity index (χ1v) is 7.76. The van der Waals surface area contributed by atoms with Crippen molar-refractivity contribution in [1.82, 2.24) is 0 Å². The average molecular weight is 394 g/mol. The molecule has 0 amide bonds. The van der Waals surface area contributed by atoms with Gasteiger partial charge in [0.25, 0.3) is 0 Å². The Labute approximate surface area is 158 Å². The Morgan fingerprint density at radius 2 is 1.07 bits per heavy atom. The fraction of sp³-hybridized carbons (Fsp3) is 0.222. The van der Waals surface area contributed by atoms with Crippen LogP contribution in [0.4, 0.5) is 0 Å². The number of methoxy groups -OCH3 is 2. The van der Waals surface area contributed by atoms with Crippen LogP contribution in [0, 0.1) is 0 Å². The van der Waals surface area contributed by atoms with Gasteiger partial charge in [-0.15, -0.1) is 0 Å². The number of aromatic hydroxyl groups is 2. The molecule has 0 spiro atoms. The standard InChI is InChI=1S/C18H18O10/c1-27-11-5-7(13(19)17(23)24)3-9(15(11)21)10-4-8(14(20)18(25)26)6-12(28-2)16(10)22/h3-6,13-14,19-22H,1-2H3,(H,23,24)(H,25,26). The Hall–Kier alpha value is -3.50. The summed E-state index contributed by atoms with van der Waals surface area (Å²) in [5, 5.41) is 58.6. The molecular weight excluding hydrogens is 376 g/mol. The Balaban J connectivity index is 2.82. The van der Waals surface area contributed by atoms with Gasteiger partial charge in [-0.05, 0) is 35.4 Å². The van der Waals surface area contributed by atoms with Gasteiger partial charge in [0.2, 0.25) is 0 Å². The number of carbonyl (C=O) groups is 2. The maximum Gasteiger partial charge on any atom is 0.337 e. The zero-order chi connectivity index (χ0) is 21.2. The molecule has 6 N–H and O–H groups in total. The van der Waals surface area contributed by atoms with Crippen molar-refractivity contribution in [3.8, 4) is 34.1 Å². The number of aliphatic carboxylic acids is 2. The number of rotatable bonds is 7. The lowest BCUT2D eigenvalue weighted by atomic mass is 9.95. The van der Waals surface area contributed by atoms with Crippen LogP contribution in [0.1, 0.15) is 23.3 Å². The number of hydrogen-bond donors (Lipinski definition) is 6. The Morgan fingerprint density at radius 1 is 0.750 bits per heavy atom. The average Bonchev–Trinajstić information content (AvgIpc) is 2.67. The van der Waals surface area contributed by atoms with E-state index in [9.17, 15) is 30.0 Å². The number of carboxylic acids is 2. The molecule has 150 valence electrons. The highest BCUT2D eigenvalue weighted by atomic mass is 16.5. The molecule has 2 atom stereocenters. The van der Waals surface area contributed by atoms with Gasteiger partial charge in [-0.25, -0.2) is 9.59 Å². The quantitative estimate of drug-likeness (QED) is 0.398. The number of ether oxygens (including phenoxy) is 2. The summed E-state index contributed by atoms with van der Waals surface area (Å²) < 4.78 is 9.96. The van der Waals surface area contributed by atoms with Gasteiger partial charge in [-0.3, -0.25) is 0 Å². The summed E-state index contributed by atoms with van der Waals surface area (Å²) in [4.78, 5) is 22.2. The second-order valence-electron chi connectivity index (χ2n) is 5.72. The molecule has 0 aliphatic carbocycles. The van der Waals surface area contributed by atoms with Crippen molar-refractivity contribution in [2.45, 2.75) is 12.2 Å². The van der Waals surface area contributed by atoms with E-state index in [1.807, 2.05) is 0 Å². The maximum absolute atomic E-state index is 11.1. The zero-order valence-corrected chi connectivity index (χ0v) is 14.8. The van der Waals surface area contributed by atoms with Gasteiger partial charge >= 0.3 is 11.9 Å². The molecule has 28 heavy (non-hydrogen) atoms. The predicted octanol–water partition coefficient (Wildman–Crippen LogP) is 1.02. The summed E-state index contributed by atoms with van der Waals surface area (Å²) in [6.07, 6.45) is -3.91. The zero-order valence-electron chi connectivity index (χ0n) is 14.8. The molecule has 2 aromatic rings. The van der Waals surface area contributed by atoms with Crippen molar-refractivity contribution >= 4 is 11.9 Å². The van der Waals surface area contributed by atoms with Gasteiger partial charge in [0, 0.05) is 11.1 Å². The lowest BCUT2D eigenvalue weighted by Gasteiger charge is -2.17. The second kappa shape index (κ2) is 8.03. The van der Waals surface area contributed by atoms with Crippen molar-refractivity contribution in [1.29, 1.82) is 0 Å². The van der Waals surface area contributed by atoms with E-state index in [4.69, 9.17) is 19.7 Å². The fourth-order valence-corrected chi connectivity index (χ4v) is 2.58. The predicted molar refractivity (Wildman–Crippen MR) is 93.5 cm³/mol. The first-order chi connectivity index (χ1) is 13.1. The minimum atomic E-state index is -1.95. The van der Waals surface area contributed by atoms with Gasteiger partial charge < -0.3 is 40.1 Å². The van der Waals surface area contributed by atoms with Gasteiger partial charge in [0.05, 0.1) is 14.2 Å². The van der Waals surface area contributed by atoms with Gasteiger partial charge in [0.15, 0.2) is 35.2 Å². The number of phenols is 2. The summed E-state index contributed by atoms with van der Waals surface area (Å²) in [5.74, 6) is -4.54. The SMILES string of the molecule is COc1cc(C(O)C(=O)O)cc(-c2cc(C(O)C(=O)O)cc(OC)c2O)c1O. The van der Waals surface area contributed by atoms with Gasteiger partial charge in [-0.1, -0.05) is 0 Å². The third-order valence-corrected chi connectivity index (χ3v) is 4.02. The van der Waals surface area contributed by atoms with Crippen molar-refractivity contribution in [2.75, 3.05) is 14.2 Å². The molecule has 0 saturated carbocycles. The Morgan fingerprint density at radius 3 is 1.32 bits per heavy atom. The minimum absolute atomic E-state index is 0.167. The summed E-state index contributed by atoms with van der Waals surface area (Å²) in [6, 6.07) is 4.37. The molecular formula is C18H18O10. The monoisotopic (exact) mass is 394 g/mol. The van der Waals surface area contributed by atoms with E-state index < -0.39 is 35.6 Å². The summed E-state index contributed by atoms with van der Waals surface area (Å²) in [6.45, 7) is 0. The van der Waals surface area contributed by atoms with Crippen LogP contribution in [0.3, 0.4) is 0 Å². The van der Waals surface area contributed by atoms with Crippen LogP contribution < -0.4 is 9.47 Å². The fourth-order valence-electron chi connectivity index (χ4n) is 2.58. The van der Waals surface area contributed by atoms with Gasteiger partial charge in [-0.2, -0.15) is 0 Å². The highest BCUT2D eigenvalue weighted by Crippen LogP contribution is 2.46. The van der Waals surface area contributed by atoms with E-state index in [0.717, 1.165) is 24.3 Å². The van der Waals surface area contributed by atoms with Crippen LogP contribution in [-0.4, -0.2) is 56.8 Å². The van der Waals surface area contributed by atoms with Crippen LogP contribution >= 0.6 is 0 Å². The number of carboxylic acid groups (broad SMARTS) is 2. The van der Waals surface area contributed by atoms with E-state index in [1.165, 1.54) is 14.2 Å². The highest BCUT2D eigenvalue weighted by molar-refractivity contribution is 5.84. The Kier molecular flexibility index (Phi) is 5.96. The van der Waals surface area contributed by atoms with E-state index in [1.54, 1.807) is 0 Å². The minimum Gasteiger partial charge on any atom is -0.504 e. The molecule has 0 fully saturated rings. The molecule has 0 bridgehead atoms. The maximum atomic E-state index is 11.1. The number of aliphatic hydroxyl groups excluding tert-OH is 2. The van der Waals surface area contributed by atoms with Crippen molar-refractivity contribution < 1.29 is 49.7 Å². The van der Waals surface area contributed by atoms with E-state index >= 15 is 0 Å². The Bertz CT molecular complexity index is 846. The van der Waals surface area contributed by atoms with Crippen molar-refractivity contribution in [2.24, 2.45) is 0 Å². The smallest absolute Gasteiger partial charge is 0.337 e. The molecule has 10 nitrogen and oxygen atoms in total. The molecule has 2 aromatic carbocycles. The molecule has 0 aliphatic rings. The lowest BCUT2D eigenvalue weighted by Crippen LogP contribution is -2.11. The van der Waals surface area contributed by atoms with Crippen LogP contribution in [0.15, 0.2) is 24.3 Å². The van der Waals surface area contributed by atoms with Gasteiger partial charge in [0.1, 0.15) is 0 Å². The first kappa shape index (κ1) is 20.8. The van der Waals surface area contributed by atoms with Crippen LogP contribution in [0.5, 0.6) is 23.0 Å². The number of hydrogen-bond acceptors (Lipinski definition) is 8. The van der Waals surface area contributed by atoms with Crippen LogP contribution in [0.25, 0.3) is 11.1 Å². The number of aliphatic hydroxyl groups is 2.